The molecule has 3 aliphatic rings. The van der Waals surface area contributed by atoms with Gasteiger partial charge in [-0.1, -0.05) is 12.1 Å². The number of nitrogens with zero attached hydrogens (tertiary/aromatic N) is 1. The fourth-order valence-corrected chi connectivity index (χ4v) is 7.10. The van der Waals surface area contributed by atoms with Crippen molar-refractivity contribution in [2.24, 2.45) is 34.7 Å². The highest BCUT2D eigenvalue weighted by atomic mass is 32.2. The van der Waals surface area contributed by atoms with Crippen LogP contribution in [0.2, 0.25) is 0 Å². The molecule has 0 radical (unpaired) electrons. The Hall–Kier alpha value is -2.88. The van der Waals surface area contributed by atoms with E-state index in [0.29, 0.717) is 35.4 Å². The Morgan fingerprint density at radius 3 is 2.37 bits per heavy atom. The molecule has 5 rings (SSSR count). The molecule has 3 aliphatic carbocycles. The van der Waals surface area contributed by atoms with Crippen LogP contribution in [-0.4, -0.2) is 20.5 Å². The van der Waals surface area contributed by atoms with E-state index in [2.05, 4.69) is 10.5 Å². The maximum absolute atomic E-state index is 12.9. The van der Waals surface area contributed by atoms with Crippen molar-refractivity contribution in [2.45, 2.75) is 43.2 Å². The number of nitrogens with one attached hydrogen (secondary N) is 1. The summed E-state index contributed by atoms with van der Waals surface area (Å²) < 4.78 is 68.7. The summed E-state index contributed by atoms with van der Waals surface area (Å²) in [6.45, 7) is 0. The summed E-state index contributed by atoms with van der Waals surface area (Å²) in [4.78, 5) is 12.4. The van der Waals surface area contributed by atoms with E-state index in [0.717, 1.165) is 30.9 Å². The molecule has 3 fully saturated rings. The second-order valence-corrected chi connectivity index (χ2v) is 11.3. The second-order valence-electron chi connectivity index (χ2n) is 9.77. The predicted molar refractivity (Wildman–Crippen MR) is 122 cm³/mol. The van der Waals surface area contributed by atoms with Crippen LogP contribution >= 0.6 is 0 Å². The zero-order valence-electron chi connectivity index (χ0n) is 18.7. The molecule has 3 bridgehead atoms. The van der Waals surface area contributed by atoms with E-state index in [1.165, 1.54) is 31.5 Å². The zero-order valence-corrected chi connectivity index (χ0v) is 19.6. The number of benzene rings is 2. The Labute approximate surface area is 201 Å². The highest BCUT2D eigenvalue weighted by Gasteiger charge is 2.50. The minimum atomic E-state index is -4.58. The van der Waals surface area contributed by atoms with Crippen molar-refractivity contribution < 1.29 is 30.6 Å². The molecular formula is C25H25F3N2O4S. The largest absolute Gasteiger partial charge is 0.416 e. The molecular weight excluding hydrogens is 481 g/mol. The highest BCUT2D eigenvalue weighted by molar-refractivity contribution is 7.87. The summed E-state index contributed by atoms with van der Waals surface area (Å²) in [6, 6.07) is 9.24. The summed E-state index contributed by atoms with van der Waals surface area (Å²) in [5.74, 6) is 2.20. The molecule has 0 spiro atoms. The molecule has 6 nitrogen and oxygen atoms in total. The third kappa shape index (κ3) is 4.94. The van der Waals surface area contributed by atoms with Gasteiger partial charge in [-0.05, 0) is 92.2 Å². The third-order valence-electron chi connectivity index (χ3n) is 7.56. The van der Waals surface area contributed by atoms with Crippen molar-refractivity contribution in [1.29, 1.82) is 0 Å². The standard InChI is InChI=1S/C25H25F3N2O4S/c26-25(27,28)19-5-7-20(8-6-19)35(32,33)34-23-4-2-1-3-17(23)14-29-30-24(31)22-13-16-9-15-10-18(11-16)21(22)12-15/h1-8,14-16,18,21-22H,9-13H2,(H,30,31). The predicted octanol–water partition coefficient (Wildman–Crippen LogP) is 5.00. The van der Waals surface area contributed by atoms with Crippen LogP contribution in [-0.2, 0) is 21.1 Å². The summed E-state index contributed by atoms with van der Waals surface area (Å²) in [5, 5.41) is 4.05. The van der Waals surface area contributed by atoms with Crippen LogP contribution in [0.15, 0.2) is 58.5 Å². The lowest BCUT2D eigenvalue weighted by molar-refractivity contribution is -0.137. The quantitative estimate of drug-likeness (QED) is 0.340. The smallest absolute Gasteiger partial charge is 0.378 e. The van der Waals surface area contributed by atoms with Crippen LogP contribution in [0.1, 0.15) is 43.2 Å². The number of hydrogen-bond acceptors (Lipinski definition) is 5. The van der Waals surface area contributed by atoms with Gasteiger partial charge in [-0.25, -0.2) is 5.43 Å². The van der Waals surface area contributed by atoms with Crippen molar-refractivity contribution in [3.05, 3.63) is 59.7 Å². The Morgan fingerprint density at radius 1 is 0.971 bits per heavy atom. The lowest BCUT2D eigenvalue weighted by atomic mass is 9.67. The molecule has 186 valence electrons. The first kappa shape index (κ1) is 23.8. The normalized spacial score (nSPS) is 27.8. The van der Waals surface area contributed by atoms with Crippen LogP contribution < -0.4 is 9.61 Å². The maximum atomic E-state index is 12.9. The van der Waals surface area contributed by atoms with Gasteiger partial charge in [0.15, 0.2) is 5.75 Å². The summed E-state index contributed by atoms with van der Waals surface area (Å²) in [7, 11) is -4.38. The number of carbonyl (C=O) groups is 1. The maximum Gasteiger partial charge on any atom is 0.416 e. The lowest BCUT2D eigenvalue weighted by Crippen LogP contribution is -2.39. The minimum absolute atomic E-state index is 0.0464. The van der Waals surface area contributed by atoms with Crippen LogP contribution in [0.5, 0.6) is 5.75 Å². The molecule has 5 atom stereocenters. The molecule has 0 aromatic heterocycles. The molecule has 2 aromatic carbocycles. The van der Waals surface area contributed by atoms with Gasteiger partial charge in [-0.15, -0.1) is 0 Å². The first-order chi connectivity index (χ1) is 16.6. The lowest BCUT2D eigenvalue weighted by Gasteiger charge is -2.38. The number of alkyl halides is 3. The Bertz CT molecular complexity index is 1240. The van der Waals surface area contributed by atoms with E-state index >= 15 is 0 Å². The molecule has 0 aliphatic heterocycles. The van der Waals surface area contributed by atoms with Gasteiger partial charge in [0.05, 0.1) is 11.8 Å². The number of fused-ring (bicyclic) bond motifs is 2. The Morgan fingerprint density at radius 2 is 1.66 bits per heavy atom. The van der Waals surface area contributed by atoms with Gasteiger partial charge in [0.25, 0.3) is 0 Å². The van der Waals surface area contributed by atoms with Gasteiger partial charge in [0.2, 0.25) is 5.91 Å². The van der Waals surface area contributed by atoms with E-state index in [-0.39, 0.29) is 17.6 Å². The van der Waals surface area contributed by atoms with Crippen molar-refractivity contribution >= 4 is 22.2 Å². The van der Waals surface area contributed by atoms with E-state index in [4.69, 9.17) is 4.18 Å². The molecule has 0 heterocycles. The molecule has 0 saturated heterocycles. The number of hydrazone groups is 1. The molecule has 3 saturated carbocycles. The molecule has 10 heteroatoms. The monoisotopic (exact) mass is 506 g/mol. The van der Waals surface area contributed by atoms with E-state index < -0.39 is 26.8 Å². The number of halogens is 3. The van der Waals surface area contributed by atoms with Crippen LogP contribution in [0.25, 0.3) is 0 Å². The molecule has 1 amide bonds. The van der Waals surface area contributed by atoms with Gasteiger partial charge >= 0.3 is 16.3 Å². The van der Waals surface area contributed by atoms with Crippen molar-refractivity contribution in [1.82, 2.24) is 5.43 Å². The summed E-state index contributed by atoms with van der Waals surface area (Å²) in [5.41, 5.74) is 1.95. The van der Waals surface area contributed by atoms with E-state index in [9.17, 15) is 26.4 Å². The van der Waals surface area contributed by atoms with Gasteiger partial charge in [-0.3, -0.25) is 4.79 Å². The average molecular weight is 507 g/mol. The van der Waals surface area contributed by atoms with Crippen LogP contribution in [0, 0.1) is 29.6 Å². The second kappa shape index (κ2) is 8.96. The SMILES string of the molecule is O=C(NN=Cc1ccccc1OS(=O)(=O)c1ccc(C(F)(F)F)cc1)C1CC2CC3CC(C2)C1C3. The average Bonchev–Trinajstić information content (AvgIpc) is 3.02. The third-order valence-corrected chi connectivity index (χ3v) is 8.81. The van der Waals surface area contributed by atoms with Crippen LogP contribution in [0.3, 0.4) is 0 Å². The zero-order chi connectivity index (χ0) is 24.8. The molecule has 5 unspecified atom stereocenters. The fraction of sp³-hybridized carbons (Fsp3) is 0.440. The highest BCUT2D eigenvalue weighted by Crippen LogP contribution is 2.57. The number of para-hydroxylation sites is 1. The van der Waals surface area contributed by atoms with Gasteiger partial charge in [0, 0.05) is 11.5 Å². The van der Waals surface area contributed by atoms with Gasteiger partial charge in [0.1, 0.15) is 4.90 Å². The summed E-state index contributed by atoms with van der Waals surface area (Å²) in [6.07, 6.45) is 2.42. The Kier molecular flexibility index (Phi) is 6.11. The van der Waals surface area contributed by atoms with Gasteiger partial charge < -0.3 is 4.18 Å². The van der Waals surface area contributed by atoms with Gasteiger partial charge in [-0.2, -0.15) is 26.7 Å². The first-order valence-electron chi connectivity index (χ1n) is 11.6. The van der Waals surface area contributed by atoms with E-state index in [1.54, 1.807) is 18.2 Å². The number of carbonyl (C=O) groups excluding carboxylic acids is 1. The number of rotatable bonds is 6. The first-order valence-corrected chi connectivity index (χ1v) is 13.0. The van der Waals surface area contributed by atoms with Crippen LogP contribution in [0.4, 0.5) is 13.2 Å². The Balaban J connectivity index is 1.26. The summed E-state index contributed by atoms with van der Waals surface area (Å²) >= 11 is 0. The number of hydrogen-bond donors (Lipinski definition) is 1. The van der Waals surface area contributed by atoms with Crippen molar-refractivity contribution in [3.8, 4) is 5.75 Å². The minimum Gasteiger partial charge on any atom is -0.378 e. The molecule has 35 heavy (non-hydrogen) atoms. The molecule has 2 aromatic rings. The van der Waals surface area contributed by atoms with Crippen molar-refractivity contribution in [2.75, 3.05) is 0 Å². The fourth-order valence-electron chi connectivity index (χ4n) is 6.14. The van der Waals surface area contributed by atoms with E-state index in [1.807, 2.05) is 0 Å². The van der Waals surface area contributed by atoms with Crippen molar-refractivity contribution in [3.63, 3.8) is 0 Å². The molecule has 1 N–H and O–H groups in total. The number of amides is 1. The topological polar surface area (TPSA) is 84.8 Å².